The number of likely N-dealkylation sites (tertiary alicyclic amines) is 1. The molecule has 2 aromatic rings. The van der Waals surface area contributed by atoms with Crippen molar-refractivity contribution >= 4 is 5.82 Å². The third-order valence-electron chi connectivity index (χ3n) is 6.11. The second-order valence-electron chi connectivity index (χ2n) is 7.91. The van der Waals surface area contributed by atoms with Crippen molar-refractivity contribution in [2.45, 2.75) is 39.3 Å². The van der Waals surface area contributed by atoms with Crippen molar-refractivity contribution in [3.8, 4) is 0 Å². The molecule has 2 fully saturated rings. The monoisotopic (exact) mass is 338 g/mol. The number of nitrogens with zero attached hydrogens (tertiary/aromatic N) is 6. The Hall–Kier alpha value is -1.95. The lowest BCUT2D eigenvalue weighted by Crippen LogP contribution is -2.30. The third kappa shape index (κ3) is 2.82. The molecule has 3 aliphatic rings. The molecule has 6 nitrogen and oxygen atoms in total. The number of aryl methyl sites for hydroxylation is 2. The number of rotatable bonds is 3. The molecule has 5 rings (SSSR count). The Morgan fingerprint density at radius 2 is 1.88 bits per heavy atom. The molecule has 5 heterocycles. The molecule has 3 aliphatic heterocycles. The fourth-order valence-corrected chi connectivity index (χ4v) is 4.85. The summed E-state index contributed by atoms with van der Waals surface area (Å²) in [4.78, 5) is 18.4. The summed E-state index contributed by atoms with van der Waals surface area (Å²) in [5, 5.41) is 0. The first-order valence-electron chi connectivity index (χ1n) is 9.55. The predicted octanol–water partition coefficient (Wildman–Crippen LogP) is 1.89. The average molecular weight is 338 g/mol. The number of aromatic nitrogens is 4. The Morgan fingerprint density at radius 1 is 1.04 bits per heavy atom. The van der Waals surface area contributed by atoms with Crippen LogP contribution >= 0.6 is 0 Å². The van der Waals surface area contributed by atoms with Gasteiger partial charge in [-0.3, -0.25) is 4.90 Å². The maximum absolute atomic E-state index is 4.64. The molecule has 25 heavy (non-hydrogen) atoms. The second kappa shape index (κ2) is 6.09. The van der Waals surface area contributed by atoms with E-state index < -0.39 is 0 Å². The minimum atomic E-state index is 0.763. The summed E-state index contributed by atoms with van der Waals surface area (Å²) in [5.74, 6) is 3.92. The van der Waals surface area contributed by atoms with E-state index in [1.54, 1.807) is 6.33 Å². The fraction of sp³-hybridized carbons (Fsp3) is 0.632. The molecular formula is C19H26N6. The van der Waals surface area contributed by atoms with Crippen LogP contribution in [0.5, 0.6) is 0 Å². The number of fused-ring (bicyclic) bond motifs is 2. The van der Waals surface area contributed by atoms with Crippen LogP contribution in [0.1, 0.15) is 30.1 Å². The Balaban J connectivity index is 1.23. The van der Waals surface area contributed by atoms with E-state index in [4.69, 9.17) is 0 Å². The van der Waals surface area contributed by atoms with Gasteiger partial charge in [0.1, 0.15) is 18.0 Å². The lowest BCUT2D eigenvalue weighted by atomic mass is 10.0. The first-order chi connectivity index (χ1) is 12.3. The van der Waals surface area contributed by atoms with Crippen LogP contribution in [0.2, 0.25) is 0 Å². The number of hydrogen-bond donors (Lipinski definition) is 0. The van der Waals surface area contributed by atoms with Gasteiger partial charge in [0.25, 0.3) is 0 Å². The summed E-state index contributed by atoms with van der Waals surface area (Å²) < 4.78 is 2.47. The number of imidazole rings is 1. The van der Waals surface area contributed by atoms with Gasteiger partial charge in [-0.15, -0.1) is 0 Å². The van der Waals surface area contributed by atoms with Crippen LogP contribution in [0, 0.1) is 18.8 Å². The highest BCUT2D eigenvalue weighted by atomic mass is 15.3. The highest BCUT2D eigenvalue weighted by molar-refractivity contribution is 5.40. The number of hydrogen-bond acceptors (Lipinski definition) is 5. The van der Waals surface area contributed by atoms with Gasteiger partial charge in [-0.05, 0) is 31.6 Å². The largest absolute Gasteiger partial charge is 0.356 e. The van der Waals surface area contributed by atoms with E-state index in [9.17, 15) is 0 Å². The zero-order valence-electron chi connectivity index (χ0n) is 14.9. The standard InChI is InChI=1S/C19H26N6/c1-14-6-19(22-13-21-14)24-10-15-8-23(9-16(15)11-24)12-17-7-20-18-4-2-3-5-25(17)18/h6-7,13,15-16H,2-5,8-12H2,1H3. The first kappa shape index (κ1) is 15.3. The third-order valence-corrected chi connectivity index (χ3v) is 6.11. The SMILES string of the molecule is Cc1cc(N2CC3CN(Cc4cnc5n4CCCC5)CC3C2)ncn1. The summed E-state index contributed by atoms with van der Waals surface area (Å²) >= 11 is 0. The Labute approximate surface area is 148 Å². The first-order valence-corrected chi connectivity index (χ1v) is 9.55. The zero-order valence-corrected chi connectivity index (χ0v) is 14.9. The van der Waals surface area contributed by atoms with Crippen molar-refractivity contribution in [2.24, 2.45) is 11.8 Å². The molecule has 0 spiro atoms. The van der Waals surface area contributed by atoms with Gasteiger partial charge in [0.2, 0.25) is 0 Å². The molecule has 0 saturated carbocycles. The summed E-state index contributed by atoms with van der Waals surface area (Å²) in [7, 11) is 0. The minimum Gasteiger partial charge on any atom is -0.356 e. The predicted molar refractivity (Wildman–Crippen MR) is 96.4 cm³/mol. The van der Waals surface area contributed by atoms with E-state index >= 15 is 0 Å². The average Bonchev–Trinajstić information content (AvgIpc) is 3.29. The molecule has 2 unspecified atom stereocenters. The summed E-state index contributed by atoms with van der Waals surface area (Å²) in [6.45, 7) is 8.91. The molecule has 0 N–H and O–H groups in total. The molecule has 6 heteroatoms. The van der Waals surface area contributed by atoms with Crippen LogP contribution in [0.25, 0.3) is 0 Å². The van der Waals surface area contributed by atoms with Gasteiger partial charge in [-0.2, -0.15) is 0 Å². The van der Waals surface area contributed by atoms with Crippen molar-refractivity contribution in [3.63, 3.8) is 0 Å². The summed E-state index contributed by atoms with van der Waals surface area (Å²) in [6.07, 6.45) is 7.55. The van der Waals surface area contributed by atoms with Crippen molar-refractivity contribution in [3.05, 3.63) is 35.8 Å². The van der Waals surface area contributed by atoms with E-state index in [1.807, 2.05) is 6.92 Å². The normalized spacial score (nSPS) is 26.0. The van der Waals surface area contributed by atoms with Crippen LogP contribution in [0.15, 0.2) is 18.6 Å². The van der Waals surface area contributed by atoms with Crippen molar-refractivity contribution in [1.82, 2.24) is 24.4 Å². The summed E-state index contributed by atoms with van der Waals surface area (Å²) in [5.41, 5.74) is 2.46. The van der Waals surface area contributed by atoms with Crippen LogP contribution < -0.4 is 4.90 Å². The molecular weight excluding hydrogens is 312 g/mol. The smallest absolute Gasteiger partial charge is 0.132 e. The molecule has 2 atom stereocenters. The van der Waals surface area contributed by atoms with E-state index in [0.717, 1.165) is 55.9 Å². The Morgan fingerprint density at radius 3 is 2.68 bits per heavy atom. The highest BCUT2D eigenvalue weighted by Gasteiger charge is 2.40. The molecule has 0 radical (unpaired) electrons. The zero-order chi connectivity index (χ0) is 16.8. The van der Waals surface area contributed by atoms with Crippen molar-refractivity contribution in [1.29, 1.82) is 0 Å². The van der Waals surface area contributed by atoms with E-state index in [0.29, 0.717) is 0 Å². The molecule has 0 bridgehead atoms. The Kier molecular flexibility index (Phi) is 3.73. The van der Waals surface area contributed by atoms with Gasteiger partial charge >= 0.3 is 0 Å². The van der Waals surface area contributed by atoms with E-state index in [-0.39, 0.29) is 0 Å². The lowest BCUT2D eigenvalue weighted by Gasteiger charge is -2.23. The molecule has 0 aromatic carbocycles. The van der Waals surface area contributed by atoms with Gasteiger partial charge in [-0.1, -0.05) is 0 Å². The Bertz CT molecular complexity index is 755. The molecule has 0 aliphatic carbocycles. The van der Waals surface area contributed by atoms with Gasteiger partial charge < -0.3 is 9.47 Å². The van der Waals surface area contributed by atoms with Crippen LogP contribution in [-0.4, -0.2) is 50.6 Å². The maximum Gasteiger partial charge on any atom is 0.132 e. The van der Waals surface area contributed by atoms with E-state index in [2.05, 4.69) is 41.6 Å². The van der Waals surface area contributed by atoms with Crippen LogP contribution in [0.4, 0.5) is 5.82 Å². The maximum atomic E-state index is 4.64. The van der Waals surface area contributed by atoms with Gasteiger partial charge in [-0.25, -0.2) is 15.0 Å². The van der Waals surface area contributed by atoms with Crippen LogP contribution in [-0.2, 0) is 19.5 Å². The van der Waals surface area contributed by atoms with E-state index in [1.165, 1.54) is 37.4 Å². The summed E-state index contributed by atoms with van der Waals surface area (Å²) in [6, 6.07) is 2.11. The highest BCUT2D eigenvalue weighted by Crippen LogP contribution is 2.34. The quantitative estimate of drug-likeness (QED) is 0.855. The number of anilines is 1. The van der Waals surface area contributed by atoms with Gasteiger partial charge in [0.05, 0.1) is 5.69 Å². The minimum absolute atomic E-state index is 0.763. The molecule has 132 valence electrons. The molecule has 2 aromatic heterocycles. The molecule has 0 amide bonds. The molecule has 2 saturated heterocycles. The fourth-order valence-electron chi connectivity index (χ4n) is 4.85. The lowest BCUT2D eigenvalue weighted by molar-refractivity contribution is 0.297. The van der Waals surface area contributed by atoms with Crippen LogP contribution in [0.3, 0.4) is 0 Å². The van der Waals surface area contributed by atoms with Crippen molar-refractivity contribution < 1.29 is 0 Å². The van der Waals surface area contributed by atoms with Crippen molar-refractivity contribution in [2.75, 3.05) is 31.1 Å². The second-order valence-corrected chi connectivity index (χ2v) is 7.91. The topological polar surface area (TPSA) is 50.1 Å². The van der Waals surface area contributed by atoms with Gasteiger partial charge in [0.15, 0.2) is 0 Å². The van der Waals surface area contributed by atoms with Gasteiger partial charge in [0, 0.05) is 63.6 Å².